The van der Waals surface area contributed by atoms with Crippen molar-refractivity contribution in [1.82, 2.24) is 10.2 Å². The molecule has 29 heavy (non-hydrogen) atoms. The van der Waals surface area contributed by atoms with Crippen molar-refractivity contribution in [3.05, 3.63) is 74.8 Å². The first kappa shape index (κ1) is 19.1. The number of amides is 1. The molecule has 0 saturated carbocycles. The van der Waals surface area contributed by atoms with Gasteiger partial charge in [-0.15, -0.1) is 0 Å². The van der Waals surface area contributed by atoms with Crippen LogP contribution >= 0.6 is 0 Å². The molecule has 1 N–H and O–H groups in total. The van der Waals surface area contributed by atoms with E-state index >= 15 is 0 Å². The van der Waals surface area contributed by atoms with Gasteiger partial charge in [-0.3, -0.25) is 14.9 Å². The lowest BCUT2D eigenvalue weighted by atomic mass is 9.88. The lowest BCUT2D eigenvalue weighted by Crippen LogP contribution is -2.42. The Morgan fingerprint density at radius 3 is 2.66 bits per heavy atom. The van der Waals surface area contributed by atoms with Crippen molar-refractivity contribution in [2.24, 2.45) is 0 Å². The molecule has 1 amide bonds. The summed E-state index contributed by atoms with van der Waals surface area (Å²) in [7, 11) is 0. The summed E-state index contributed by atoms with van der Waals surface area (Å²) in [6.07, 6.45) is 0. The van der Waals surface area contributed by atoms with Crippen molar-refractivity contribution in [3.8, 4) is 5.75 Å². The first-order valence-corrected chi connectivity index (χ1v) is 9.65. The number of nitro benzene ring substituents is 1. The lowest BCUT2D eigenvalue weighted by molar-refractivity contribution is -0.384. The zero-order valence-electron chi connectivity index (χ0n) is 16.7. The molecule has 0 atom stereocenters. The molecule has 150 valence electrons. The quantitative estimate of drug-likeness (QED) is 0.618. The Morgan fingerprint density at radius 2 is 1.97 bits per heavy atom. The third kappa shape index (κ3) is 3.17. The third-order valence-corrected chi connectivity index (χ3v) is 5.45. The Balaban J connectivity index is 1.93. The van der Waals surface area contributed by atoms with Gasteiger partial charge in [0.1, 0.15) is 11.4 Å². The number of hydrogen-bond acceptors (Lipinski definition) is 5. The number of likely N-dealkylation sites (N-methyl/N-ethyl adjacent to an activating group) is 1. The summed E-state index contributed by atoms with van der Waals surface area (Å²) in [4.78, 5) is 25.9. The van der Waals surface area contributed by atoms with Gasteiger partial charge in [0, 0.05) is 35.4 Å². The SMILES string of the molecule is CCNCC1=C(N2Cc3ccccc3C2=O)c2cc([N+](=O)[O-])ccc2OC1(C)C. The molecule has 0 aliphatic carbocycles. The van der Waals surface area contributed by atoms with Crippen molar-refractivity contribution in [3.63, 3.8) is 0 Å². The Hall–Kier alpha value is -3.19. The highest BCUT2D eigenvalue weighted by Crippen LogP contribution is 2.45. The number of fused-ring (bicyclic) bond motifs is 2. The van der Waals surface area contributed by atoms with Gasteiger partial charge < -0.3 is 15.0 Å². The summed E-state index contributed by atoms with van der Waals surface area (Å²) in [6.45, 7) is 7.62. The first-order valence-electron chi connectivity index (χ1n) is 9.65. The lowest BCUT2D eigenvalue weighted by Gasteiger charge is -2.39. The Kier molecular flexibility index (Phi) is 4.62. The average Bonchev–Trinajstić information content (AvgIpc) is 3.01. The molecular weight excluding hydrogens is 370 g/mol. The number of hydrogen-bond donors (Lipinski definition) is 1. The topological polar surface area (TPSA) is 84.7 Å². The van der Waals surface area contributed by atoms with E-state index in [0.717, 1.165) is 17.7 Å². The summed E-state index contributed by atoms with van der Waals surface area (Å²) in [5.74, 6) is 0.444. The molecule has 2 aliphatic rings. The molecule has 2 aromatic rings. The van der Waals surface area contributed by atoms with Crippen molar-refractivity contribution in [1.29, 1.82) is 0 Å². The van der Waals surface area contributed by atoms with Crippen molar-refractivity contribution in [2.45, 2.75) is 32.9 Å². The Bertz CT molecular complexity index is 1040. The van der Waals surface area contributed by atoms with Crippen LogP contribution in [0.25, 0.3) is 5.70 Å². The highest BCUT2D eigenvalue weighted by molar-refractivity contribution is 6.04. The van der Waals surface area contributed by atoms with Gasteiger partial charge in [0.05, 0.1) is 17.2 Å². The second kappa shape index (κ2) is 7.00. The number of carbonyl (C=O) groups excluding carboxylic acids is 1. The van der Waals surface area contributed by atoms with Crippen LogP contribution < -0.4 is 10.1 Å². The summed E-state index contributed by atoms with van der Waals surface area (Å²) in [5, 5.41) is 14.7. The smallest absolute Gasteiger partial charge is 0.270 e. The van der Waals surface area contributed by atoms with E-state index in [2.05, 4.69) is 5.32 Å². The maximum Gasteiger partial charge on any atom is 0.270 e. The van der Waals surface area contributed by atoms with E-state index in [1.807, 2.05) is 45.0 Å². The molecule has 7 nitrogen and oxygen atoms in total. The molecule has 0 saturated heterocycles. The van der Waals surface area contributed by atoms with Crippen LogP contribution in [0.1, 0.15) is 42.3 Å². The van der Waals surface area contributed by atoms with Crippen molar-refractivity contribution >= 4 is 17.3 Å². The molecule has 2 heterocycles. The monoisotopic (exact) mass is 393 g/mol. The van der Waals surface area contributed by atoms with E-state index in [1.54, 1.807) is 11.0 Å². The van der Waals surface area contributed by atoms with Crippen LogP contribution in [-0.4, -0.2) is 34.4 Å². The van der Waals surface area contributed by atoms with E-state index in [0.29, 0.717) is 35.7 Å². The van der Waals surface area contributed by atoms with E-state index in [9.17, 15) is 14.9 Å². The number of nitrogens with zero attached hydrogens (tertiary/aromatic N) is 2. The molecule has 0 fully saturated rings. The van der Waals surface area contributed by atoms with Gasteiger partial charge in [-0.2, -0.15) is 0 Å². The summed E-state index contributed by atoms with van der Waals surface area (Å²) < 4.78 is 6.21. The predicted octanol–water partition coefficient (Wildman–Crippen LogP) is 3.74. The van der Waals surface area contributed by atoms with Gasteiger partial charge >= 0.3 is 0 Å². The number of non-ortho nitro benzene ring substituents is 1. The predicted molar refractivity (Wildman–Crippen MR) is 110 cm³/mol. The van der Waals surface area contributed by atoms with Gasteiger partial charge in [0.15, 0.2) is 0 Å². The zero-order chi connectivity index (χ0) is 20.8. The minimum Gasteiger partial charge on any atom is -0.483 e. The van der Waals surface area contributed by atoms with Crippen molar-refractivity contribution in [2.75, 3.05) is 13.1 Å². The summed E-state index contributed by atoms with van der Waals surface area (Å²) in [6, 6.07) is 12.1. The van der Waals surface area contributed by atoms with Gasteiger partial charge in [-0.25, -0.2) is 0 Å². The molecule has 2 aliphatic heterocycles. The number of carbonyl (C=O) groups is 1. The second-order valence-electron chi connectivity index (χ2n) is 7.71. The van der Waals surface area contributed by atoms with E-state index < -0.39 is 10.5 Å². The minimum absolute atomic E-state index is 0.0310. The molecule has 7 heteroatoms. The van der Waals surface area contributed by atoms with Gasteiger partial charge in [0.2, 0.25) is 0 Å². The highest BCUT2D eigenvalue weighted by Gasteiger charge is 2.41. The molecule has 2 aromatic carbocycles. The Labute approximate surface area is 169 Å². The largest absolute Gasteiger partial charge is 0.483 e. The molecule has 0 bridgehead atoms. The average molecular weight is 393 g/mol. The van der Waals surface area contributed by atoms with Crippen LogP contribution in [0.3, 0.4) is 0 Å². The zero-order valence-corrected chi connectivity index (χ0v) is 16.7. The number of nitrogens with one attached hydrogen (secondary N) is 1. The first-order chi connectivity index (χ1) is 13.8. The summed E-state index contributed by atoms with van der Waals surface area (Å²) >= 11 is 0. The van der Waals surface area contributed by atoms with Crippen molar-refractivity contribution < 1.29 is 14.5 Å². The fourth-order valence-corrected chi connectivity index (χ4v) is 3.98. The van der Waals surface area contributed by atoms with Gasteiger partial charge in [0.25, 0.3) is 11.6 Å². The molecule has 0 radical (unpaired) electrons. The van der Waals surface area contributed by atoms with Crippen LogP contribution in [0.5, 0.6) is 5.75 Å². The minimum atomic E-state index is -0.671. The fraction of sp³-hybridized carbons (Fsp3) is 0.318. The Morgan fingerprint density at radius 1 is 1.21 bits per heavy atom. The highest BCUT2D eigenvalue weighted by atomic mass is 16.6. The third-order valence-electron chi connectivity index (χ3n) is 5.45. The maximum absolute atomic E-state index is 13.3. The molecule has 4 rings (SSSR count). The number of ether oxygens (including phenoxy) is 1. The van der Waals surface area contributed by atoms with Gasteiger partial charge in [-0.05, 0) is 38.1 Å². The number of rotatable bonds is 5. The summed E-state index contributed by atoms with van der Waals surface area (Å²) in [5.41, 5.74) is 3.08. The molecular formula is C22H23N3O4. The molecule has 0 spiro atoms. The maximum atomic E-state index is 13.3. The van der Waals surface area contributed by atoms with Crippen LogP contribution in [0.4, 0.5) is 5.69 Å². The van der Waals surface area contributed by atoms with Crippen LogP contribution in [0, 0.1) is 10.1 Å². The normalized spacial score (nSPS) is 17.1. The number of nitro groups is 1. The fourth-order valence-electron chi connectivity index (χ4n) is 3.98. The second-order valence-corrected chi connectivity index (χ2v) is 7.71. The van der Waals surface area contributed by atoms with E-state index in [1.165, 1.54) is 12.1 Å². The molecule has 0 aromatic heterocycles. The van der Waals surface area contributed by atoms with E-state index in [-0.39, 0.29) is 11.6 Å². The molecule has 0 unspecified atom stereocenters. The van der Waals surface area contributed by atoms with Crippen LogP contribution in [-0.2, 0) is 6.54 Å². The standard InChI is InChI=1S/C22H23N3O4/c1-4-23-12-18-20(24-13-14-7-5-6-8-16(14)21(24)26)17-11-15(25(27)28)9-10-19(17)29-22(18,2)3/h5-11,23H,4,12-13H2,1-3H3. The van der Waals surface area contributed by atoms with E-state index in [4.69, 9.17) is 4.74 Å². The van der Waals surface area contributed by atoms with Crippen LogP contribution in [0.15, 0.2) is 48.0 Å². The number of benzene rings is 2. The van der Waals surface area contributed by atoms with Crippen LogP contribution in [0.2, 0.25) is 0 Å². The van der Waals surface area contributed by atoms with Gasteiger partial charge in [-0.1, -0.05) is 25.1 Å².